The summed E-state index contributed by atoms with van der Waals surface area (Å²) in [6.07, 6.45) is 8.51. The second-order valence-corrected chi connectivity index (χ2v) is 11.1. The zero-order chi connectivity index (χ0) is 29.5. The van der Waals surface area contributed by atoms with Gasteiger partial charge in [-0.15, -0.1) is 11.3 Å². The van der Waals surface area contributed by atoms with Crippen LogP contribution in [0, 0.1) is 18.6 Å². The van der Waals surface area contributed by atoms with Gasteiger partial charge in [0.25, 0.3) is 0 Å². The van der Waals surface area contributed by atoms with Gasteiger partial charge in [-0.2, -0.15) is 0 Å². The number of nitrogens with zero attached hydrogens (tertiary/aromatic N) is 4. The standard InChI is InChI=1S/C30H33F2N6O3S/c1-3-19-8-4-5-11-38(19)12-7-13-41-26-16-24-21(15-25(26)40-2)29(35-18-34-24)37-30-33-17-20(42-30)14-27(39)36-23-10-6-9-22(31)28(23)32/h6,9-10,15-19H,1,3-5,7-8,11-14H2,2H3,(H,36,39)(H,33,34,35,37). The van der Waals surface area contributed by atoms with Crippen molar-refractivity contribution in [3.63, 3.8) is 0 Å². The highest BCUT2D eigenvalue weighted by Crippen LogP contribution is 2.35. The van der Waals surface area contributed by atoms with E-state index in [9.17, 15) is 13.6 Å². The van der Waals surface area contributed by atoms with Crippen LogP contribution in [-0.4, -0.2) is 58.6 Å². The number of likely N-dealkylation sites (tertiary alicyclic amines) is 1. The highest BCUT2D eigenvalue weighted by atomic mass is 32.1. The number of ether oxygens (including phenoxy) is 2. The van der Waals surface area contributed by atoms with Crippen molar-refractivity contribution >= 4 is 44.8 Å². The van der Waals surface area contributed by atoms with Crippen molar-refractivity contribution in [2.24, 2.45) is 0 Å². The summed E-state index contributed by atoms with van der Waals surface area (Å²) in [5, 5.41) is 6.80. The molecule has 1 fully saturated rings. The Kier molecular flexibility index (Phi) is 9.75. The molecule has 0 saturated carbocycles. The average Bonchev–Trinajstić information content (AvgIpc) is 3.43. The monoisotopic (exact) mass is 595 g/mol. The van der Waals surface area contributed by atoms with Gasteiger partial charge < -0.3 is 25.0 Å². The van der Waals surface area contributed by atoms with Gasteiger partial charge in [-0.1, -0.05) is 19.4 Å². The number of halogens is 2. The van der Waals surface area contributed by atoms with Crippen LogP contribution in [0.1, 0.15) is 37.0 Å². The number of benzene rings is 2. The first kappa shape index (κ1) is 29.6. The number of carbonyl (C=O) groups excluding carboxylic acids is 1. The number of carbonyl (C=O) groups is 1. The summed E-state index contributed by atoms with van der Waals surface area (Å²) in [4.78, 5) is 28.7. The van der Waals surface area contributed by atoms with Crippen molar-refractivity contribution in [3.8, 4) is 11.5 Å². The second kappa shape index (κ2) is 13.8. The quantitative estimate of drug-likeness (QED) is 0.188. The molecule has 221 valence electrons. The number of piperidine rings is 1. The lowest BCUT2D eigenvalue weighted by molar-refractivity contribution is -0.115. The number of methoxy groups -OCH3 is 1. The Morgan fingerprint density at radius 1 is 1.19 bits per heavy atom. The van der Waals surface area contributed by atoms with E-state index < -0.39 is 17.5 Å². The molecular weight excluding hydrogens is 562 g/mol. The van der Waals surface area contributed by atoms with Gasteiger partial charge in [0.2, 0.25) is 5.91 Å². The zero-order valence-corrected chi connectivity index (χ0v) is 24.2. The van der Waals surface area contributed by atoms with Crippen LogP contribution in [0.3, 0.4) is 0 Å². The van der Waals surface area contributed by atoms with E-state index in [0.717, 1.165) is 32.0 Å². The summed E-state index contributed by atoms with van der Waals surface area (Å²) in [5.41, 5.74) is 0.460. The van der Waals surface area contributed by atoms with Gasteiger partial charge in [-0.25, -0.2) is 23.7 Å². The van der Waals surface area contributed by atoms with Crippen LogP contribution in [-0.2, 0) is 11.2 Å². The zero-order valence-electron chi connectivity index (χ0n) is 23.4. The van der Waals surface area contributed by atoms with Gasteiger partial charge in [0.15, 0.2) is 28.3 Å². The van der Waals surface area contributed by atoms with Gasteiger partial charge in [0, 0.05) is 35.1 Å². The maximum atomic E-state index is 13.9. The van der Waals surface area contributed by atoms with E-state index in [1.807, 2.05) is 12.1 Å². The van der Waals surface area contributed by atoms with Crippen molar-refractivity contribution in [2.45, 2.75) is 44.6 Å². The summed E-state index contributed by atoms with van der Waals surface area (Å²) in [5.74, 6) is -0.925. The predicted octanol–water partition coefficient (Wildman–Crippen LogP) is 6.15. The minimum Gasteiger partial charge on any atom is -0.493 e. The van der Waals surface area contributed by atoms with E-state index in [2.05, 4.69) is 37.4 Å². The lowest BCUT2D eigenvalue weighted by Gasteiger charge is -2.35. The summed E-state index contributed by atoms with van der Waals surface area (Å²) in [7, 11) is 1.59. The van der Waals surface area contributed by atoms with Gasteiger partial charge in [0.1, 0.15) is 12.1 Å². The number of hydrogen-bond acceptors (Lipinski definition) is 9. The smallest absolute Gasteiger partial charge is 0.229 e. The van der Waals surface area contributed by atoms with Crippen molar-refractivity contribution in [1.29, 1.82) is 0 Å². The SMILES string of the molecule is [CH2]CC1CCCCN1CCCOc1cc2ncnc(Nc3ncc(CC(=O)Nc4cccc(F)c4F)s3)c2cc1OC. The number of rotatable bonds is 12. The lowest BCUT2D eigenvalue weighted by Crippen LogP contribution is -2.40. The molecule has 1 radical (unpaired) electrons. The number of nitrogens with one attached hydrogen (secondary N) is 2. The van der Waals surface area contributed by atoms with Crippen LogP contribution in [0.2, 0.25) is 0 Å². The van der Waals surface area contributed by atoms with Gasteiger partial charge in [0.05, 0.1) is 31.3 Å². The van der Waals surface area contributed by atoms with E-state index in [0.29, 0.717) is 50.9 Å². The Morgan fingerprint density at radius 3 is 2.90 bits per heavy atom. The molecule has 12 heteroatoms. The van der Waals surface area contributed by atoms with Crippen molar-refractivity contribution in [1.82, 2.24) is 19.9 Å². The predicted molar refractivity (Wildman–Crippen MR) is 159 cm³/mol. The fourth-order valence-corrected chi connectivity index (χ4v) is 5.88. The molecule has 1 saturated heterocycles. The number of amides is 1. The maximum absolute atomic E-state index is 13.9. The van der Waals surface area contributed by atoms with Crippen molar-refractivity contribution < 1.29 is 23.0 Å². The molecule has 0 spiro atoms. The Balaban J connectivity index is 1.22. The molecule has 42 heavy (non-hydrogen) atoms. The molecule has 9 nitrogen and oxygen atoms in total. The molecule has 1 aliphatic rings. The molecule has 2 aromatic heterocycles. The number of hydrogen-bond donors (Lipinski definition) is 2. The maximum Gasteiger partial charge on any atom is 0.229 e. The number of fused-ring (bicyclic) bond motifs is 1. The Morgan fingerprint density at radius 2 is 2.07 bits per heavy atom. The lowest BCUT2D eigenvalue weighted by atomic mass is 10.00. The molecule has 1 unspecified atom stereocenters. The van der Waals surface area contributed by atoms with Gasteiger partial charge >= 0.3 is 0 Å². The fraction of sp³-hybridized carbons (Fsp3) is 0.367. The molecule has 4 aromatic rings. The Hall–Kier alpha value is -3.90. The first-order valence-corrected chi connectivity index (χ1v) is 14.7. The minimum absolute atomic E-state index is 0.0535. The van der Waals surface area contributed by atoms with E-state index in [-0.39, 0.29) is 12.1 Å². The first-order chi connectivity index (χ1) is 20.4. The average molecular weight is 596 g/mol. The summed E-state index contributed by atoms with van der Waals surface area (Å²) >= 11 is 1.25. The van der Waals surface area contributed by atoms with Crippen molar-refractivity contribution in [3.05, 3.63) is 66.3 Å². The van der Waals surface area contributed by atoms with Crippen LogP contribution in [0.15, 0.2) is 42.9 Å². The molecule has 1 amide bonds. The van der Waals surface area contributed by atoms with Crippen molar-refractivity contribution in [2.75, 3.05) is 37.4 Å². The van der Waals surface area contributed by atoms with Crippen LogP contribution in [0.25, 0.3) is 10.9 Å². The highest BCUT2D eigenvalue weighted by Gasteiger charge is 2.20. The van der Waals surface area contributed by atoms with Crippen LogP contribution in [0.4, 0.5) is 25.4 Å². The summed E-state index contributed by atoms with van der Waals surface area (Å²) in [6, 6.07) is 7.84. The molecular formula is C30H33F2N6O3S. The molecule has 1 aliphatic heterocycles. The van der Waals surface area contributed by atoms with E-state index in [1.165, 1.54) is 49.1 Å². The molecule has 0 bridgehead atoms. The van der Waals surface area contributed by atoms with Gasteiger partial charge in [-0.05, 0) is 50.4 Å². The van der Waals surface area contributed by atoms with E-state index in [4.69, 9.17) is 9.47 Å². The third kappa shape index (κ3) is 7.11. The normalized spacial score (nSPS) is 15.5. The summed E-state index contributed by atoms with van der Waals surface area (Å²) < 4.78 is 39.0. The number of aromatic nitrogens is 3. The third-order valence-corrected chi connectivity index (χ3v) is 8.10. The van der Waals surface area contributed by atoms with E-state index in [1.54, 1.807) is 13.3 Å². The first-order valence-electron chi connectivity index (χ1n) is 13.9. The topological polar surface area (TPSA) is 102 Å². The van der Waals surface area contributed by atoms with Gasteiger partial charge in [-0.3, -0.25) is 4.79 Å². The summed E-state index contributed by atoms with van der Waals surface area (Å²) in [6.45, 7) is 6.76. The molecule has 2 aromatic carbocycles. The minimum atomic E-state index is -1.10. The van der Waals surface area contributed by atoms with Crippen LogP contribution in [0.5, 0.6) is 11.5 Å². The number of anilines is 3. The Labute approximate surface area is 247 Å². The van der Waals surface area contributed by atoms with E-state index >= 15 is 0 Å². The van der Waals surface area contributed by atoms with Crippen LogP contribution < -0.4 is 20.1 Å². The Bertz CT molecular complexity index is 1530. The number of thiazole rings is 1. The molecule has 2 N–H and O–H groups in total. The van der Waals surface area contributed by atoms with Crippen LogP contribution >= 0.6 is 11.3 Å². The second-order valence-electron chi connectivity index (χ2n) is 10.0. The highest BCUT2D eigenvalue weighted by molar-refractivity contribution is 7.15. The largest absolute Gasteiger partial charge is 0.493 e. The molecule has 3 heterocycles. The fourth-order valence-electron chi connectivity index (χ4n) is 5.07. The molecule has 5 rings (SSSR count). The molecule has 1 atom stereocenters. The molecule has 0 aliphatic carbocycles. The third-order valence-electron chi connectivity index (χ3n) is 7.19.